The molecular weight excluding hydrogens is 128 g/mol. The SMILES string of the molecule is C=CC=CC(CC)C(=O)O. The summed E-state index contributed by atoms with van der Waals surface area (Å²) in [7, 11) is 0. The molecule has 0 aromatic carbocycles. The molecule has 0 radical (unpaired) electrons. The van der Waals surface area contributed by atoms with E-state index < -0.39 is 5.97 Å². The highest BCUT2D eigenvalue weighted by Crippen LogP contribution is 2.03. The lowest BCUT2D eigenvalue weighted by atomic mass is 10.1. The molecule has 0 saturated carbocycles. The molecule has 10 heavy (non-hydrogen) atoms. The maximum Gasteiger partial charge on any atom is 0.310 e. The van der Waals surface area contributed by atoms with Crippen LogP contribution in [0.2, 0.25) is 0 Å². The van der Waals surface area contributed by atoms with Gasteiger partial charge in [-0.3, -0.25) is 4.79 Å². The minimum absolute atomic E-state index is 0.363. The Labute approximate surface area is 60.9 Å². The molecule has 1 atom stereocenters. The second-order valence-corrected chi connectivity index (χ2v) is 1.97. The van der Waals surface area contributed by atoms with Crippen LogP contribution in [-0.4, -0.2) is 11.1 Å². The van der Waals surface area contributed by atoms with Crippen molar-refractivity contribution in [3.63, 3.8) is 0 Å². The highest BCUT2D eigenvalue weighted by Gasteiger charge is 2.08. The van der Waals surface area contributed by atoms with Gasteiger partial charge in [0.15, 0.2) is 0 Å². The molecule has 0 rings (SSSR count). The smallest absolute Gasteiger partial charge is 0.310 e. The van der Waals surface area contributed by atoms with Gasteiger partial charge in [0.25, 0.3) is 0 Å². The first-order chi connectivity index (χ1) is 4.72. The first-order valence-electron chi connectivity index (χ1n) is 3.24. The van der Waals surface area contributed by atoms with Gasteiger partial charge in [-0.1, -0.05) is 31.7 Å². The van der Waals surface area contributed by atoms with Crippen molar-refractivity contribution in [3.05, 3.63) is 24.8 Å². The molecule has 0 aliphatic rings. The fourth-order valence-corrected chi connectivity index (χ4v) is 0.606. The fraction of sp³-hybridized carbons (Fsp3) is 0.375. The first-order valence-corrected chi connectivity index (χ1v) is 3.24. The Morgan fingerprint density at radius 1 is 1.80 bits per heavy atom. The summed E-state index contributed by atoms with van der Waals surface area (Å²) in [5.74, 6) is -1.14. The largest absolute Gasteiger partial charge is 0.481 e. The average Bonchev–Trinajstić information content (AvgIpc) is 1.89. The van der Waals surface area contributed by atoms with Gasteiger partial charge in [0.1, 0.15) is 0 Å². The third kappa shape index (κ3) is 3.07. The Hall–Kier alpha value is -1.05. The highest BCUT2D eigenvalue weighted by molar-refractivity contribution is 5.72. The summed E-state index contributed by atoms with van der Waals surface area (Å²) in [4.78, 5) is 10.4. The number of hydrogen-bond donors (Lipinski definition) is 1. The zero-order valence-electron chi connectivity index (χ0n) is 6.08. The van der Waals surface area contributed by atoms with E-state index in [1.54, 1.807) is 18.2 Å². The van der Waals surface area contributed by atoms with Crippen molar-refractivity contribution in [3.8, 4) is 0 Å². The predicted molar refractivity (Wildman–Crippen MR) is 40.8 cm³/mol. The number of carboxylic acid groups (broad SMARTS) is 1. The third-order valence-electron chi connectivity index (χ3n) is 1.24. The summed E-state index contributed by atoms with van der Waals surface area (Å²) in [6.45, 7) is 5.29. The van der Waals surface area contributed by atoms with Gasteiger partial charge >= 0.3 is 5.97 Å². The Morgan fingerprint density at radius 3 is 2.70 bits per heavy atom. The Balaban J connectivity index is 3.94. The van der Waals surface area contributed by atoms with E-state index in [9.17, 15) is 4.79 Å². The second kappa shape index (κ2) is 4.79. The van der Waals surface area contributed by atoms with Crippen LogP contribution in [0.5, 0.6) is 0 Å². The summed E-state index contributed by atoms with van der Waals surface area (Å²) in [6, 6.07) is 0. The topological polar surface area (TPSA) is 37.3 Å². The second-order valence-electron chi connectivity index (χ2n) is 1.97. The van der Waals surface area contributed by atoms with Gasteiger partial charge in [0.2, 0.25) is 0 Å². The molecule has 0 aliphatic carbocycles. The minimum Gasteiger partial charge on any atom is -0.481 e. The van der Waals surface area contributed by atoms with Crippen LogP contribution in [0.15, 0.2) is 24.8 Å². The van der Waals surface area contributed by atoms with Crippen LogP contribution in [0.25, 0.3) is 0 Å². The van der Waals surface area contributed by atoms with Gasteiger partial charge in [-0.05, 0) is 6.42 Å². The van der Waals surface area contributed by atoms with Crippen molar-refractivity contribution in [2.75, 3.05) is 0 Å². The van der Waals surface area contributed by atoms with E-state index in [1.165, 1.54) is 0 Å². The Bertz CT molecular complexity index is 147. The third-order valence-corrected chi connectivity index (χ3v) is 1.24. The summed E-state index contributed by atoms with van der Waals surface area (Å²) in [5.41, 5.74) is 0. The fourth-order valence-electron chi connectivity index (χ4n) is 0.606. The van der Waals surface area contributed by atoms with Crippen molar-refractivity contribution >= 4 is 5.97 Å². The summed E-state index contributed by atoms with van der Waals surface area (Å²) < 4.78 is 0. The molecule has 0 heterocycles. The van der Waals surface area contributed by atoms with Gasteiger partial charge in [-0.15, -0.1) is 0 Å². The number of hydrogen-bond acceptors (Lipinski definition) is 1. The maximum absolute atomic E-state index is 10.4. The molecule has 0 aromatic heterocycles. The van der Waals surface area contributed by atoms with E-state index in [4.69, 9.17) is 5.11 Å². The normalized spacial score (nSPS) is 13.3. The standard InChI is InChI=1S/C8H12O2/c1-3-5-6-7(4-2)8(9)10/h3,5-7H,1,4H2,2H3,(H,9,10). The van der Waals surface area contributed by atoms with Crippen LogP contribution >= 0.6 is 0 Å². The molecular formula is C8H12O2. The number of carbonyl (C=O) groups is 1. The van der Waals surface area contributed by atoms with Gasteiger partial charge in [-0.25, -0.2) is 0 Å². The molecule has 56 valence electrons. The molecule has 0 amide bonds. The maximum atomic E-state index is 10.4. The van der Waals surface area contributed by atoms with E-state index in [1.807, 2.05) is 6.92 Å². The molecule has 0 bridgehead atoms. The van der Waals surface area contributed by atoms with Gasteiger partial charge in [-0.2, -0.15) is 0 Å². The zero-order chi connectivity index (χ0) is 7.98. The molecule has 0 spiro atoms. The lowest BCUT2D eigenvalue weighted by molar-refractivity contribution is -0.140. The van der Waals surface area contributed by atoms with E-state index in [-0.39, 0.29) is 5.92 Å². The molecule has 2 nitrogen and oxygen atoms in total. The van der Waals surface area contributed by atoms with Crippen LogP contribution < -0.4 is 0 Å². The molecule has 0 aliphatic heterocycles. The predicted octanol–water partition coefficient (Wildman–Crippen LogP) is 1.84. The average molecular weight is 140 g/mol. The molecule has 1 N–H and O–H groups in total. The van der Waals surface area contributed by atoms with E-state index in [0.29, 0.717) is 6.42 Å². The van der Waals surface area contributed by atoms with Crippen molar-refractivity contribution in [1.29, 1.82) is 0 Å². The van der Waals surface area contributed by atoms with E-state index >= 15 is 0 Å². The van der Waals surface area contributed by atoms with Crippen LogP contribution in [-0.2, 0) is 4.79 Å². The summed E-state index contributed by atoms with van der Waals surface area (Å²) >= 11 is 0. The first kappa shape index (κ1) is 8.95. The molecule has 1 unspecified atom stereocenters. The van der Waals surface area contributed by atoms with Gasteiger partial charge < -0.3 is 5.11 Å². The molecule has 0 aromatic rings. The number of allylic oxidation sites excluding steroid dienone is 2. The van der Waals surface area contributed by atoms with E-state index in [2.05, 4.69) is 6.58 Å². The monoisotopic (exact) mass is 140 g/mol. The van der Waals surface area contributed by atoms with Crippen LogP contribution in [0.1, 0.15) is 13.3 Å². The highest BCUT2D eigenvalue weighted by atomic mass is 16.4. The van der Waals surface area contributed by atoms with Crippen molar-refractivity contribution in [2.45, 2.75) is 13.3 Å². The lowest BCUT2D eigenvalue weighted by Crippen LogP contribution is -2.08. The zero-order valence-corrected chi connectivity index (χ0v) is 6.08. The number of rotatable bonds is 4. The van der Waals surface area contributed by atoms with Crippen molar-refractivity contribution in [1.82, 2.24) is 0 Å². The molecule has 0 saturated heterocycles. The van der Waals surface area contributed by atoms with Gasteiger partial charge in [0, 0.05) is 0 Å². The lowest BCUT2D eigenvalue weighted by Gasteiger charge is -2.00. The van der Waals surface area contributed by atoms with Crippen LogP contribution in [0, 0.1) is 5.92 Å². The summed E-state index contributed by atoms with van der Waals surface area (Å²) in [5, 5.41) is 8.51. The Morgan fingerprint density at radius 2 is 2.40 bits per heavy atom. The van der Waals surface area contributed by atoms with Crippen molar-refractivity contribution in [2.24, 2.45) is 5.92 Å². The molecule has 2 heteroatoms. The van der Waals surface area contributed by atoms with Crippen LogP contribution in [0.4, 0.5) is 0 Å². The quantitative estimate of drug-likeness (QED) is 0.605. The Kier molecular flexibility index (Phi) is 4.29. The minimum atomic E-state index is -0.777. The number of carboxylic acids is 1. The van der Waals surface area contributed by atoms with Crippen molar-refractivity contribution < 1.29 is 9.90 Å². The van der Waals surface area contributed by atoms with E-state index in [0.717, 1.165) is 0 Å². The van der Waals surface area contributed by atoms with Crippen LogP contribution in [0.3, 0.4) is 0 Å². The molecule has 0 fully saturated rings. The number of aliphatic carboxylic acids is 1. The summed E-state index contributed by atoms with van der Waals surface area (Å²) in [6.07, 6.45) is 5.49. The van der Waals surface area contributed by atoms with Gasteiger partial charge in [0.05, 0.1) is 5.92 Å².